The minimum Gasteiger partial charge on any atom is -0.462 e. The van der Waals surface area contributed by atoms with Gasteiger partial charge in [-0.2, -0.15) is 4.31 Å². The molecule has 1 N–H and O–H groups in total. The molecule has 39 heavy (non-hydrogen) atoms. The quantitative estimate of drug-likeness (QED) is 0.368. The smallest absolute Gasteiger partial charge is 0.341 e. The summed E-state index contributed by atoms with van der Waals surface area (Å²) >= 11 is 1.12. The Morgan fingerprint density at radius 1 is 1.00 bits per heavy atom. The third-order valence-corrected chi connectivity index (χ3v) is 8.85. The second-order valence-corrected chi connectivity index (χ2v) is 11.5. The largest absolute Gasteiger partial charge is 0.462 e. The highest BCUT2D eigenvalue weighted by Gasteiger charge is 2.30. The minimum atomic E-state index is -4.13. The zero-order valence-corrected chi connectivity index (χ0v) is 22.8. The van der Waals surface area contributed by atoms with Crippen LogP contribution in [0, 0.1) is 5.82 Å². The van der Waals surface area contributed by atoms with Crippen molar-refractivity contribution in [2.24, 2.45) is 0 Å². The first-order chi connectivity index (χ1) is 18.7. The Kier molecular flexibility index (Phi) is 9.10. The van der Waals surface area contributed by atoms with Gasteiger partial charge in [-0.3, -0.25) is 4.79 Å². The maximum atomic E-state index is 14.5. The molecule has 1 aliphatic heterocycles. The number of ether oxygens (including phenoxy) is 2. The summed E-state index contributed by atoms with van der Waals surface area (Å²) in [5.41, 5.74) is 1.31. The summed E-state index contributed by atoms with van der Waals surface area (Å²) in [6.07, 6.45) is 2.24. The van der Waals surface area contributed by atoms with Crippen molar-refractivity contribution >= 4 is 44.2 Å². The van der Waals surface area contributed by atoms with E-state index < -0.39 is 45.2 Å². The van der Waals surface area contributed by atoms with Gasteiger partial charge in [0.2, 0.25) is 10.0 Å². The number of piperidine rings is 1. The molecule has 0 bridgehead atoms. The van der Waals surface area contributed by atoms with Gasteiger partial charge >= 0.3 is 11.9 Å². The lowest BCUT2D eigenvalue weighted by Crippen LogP contribution is -2.36. The molecule has 3 aromatic rings. The number of thiophene rings is 1. The Labute approximate surface area is 229 Å². The molecule has 2 aromatic carbocycles. The second kappa shape index (κ2) is 12.5. The molecular formula is C27H27FN2O7S2. The van der Waals surface area contributed by atoms with E-state index in [1.807, 2.05) is 30.3 Å². The van der Waals surface area contributed by atoms with Crippen molar-refractivity contribution in [3.63, 3.8) is 0 Å². The molecule has 1 amide bonds. The lowest BCUT2D eigenvalue weighted by molar-refractivity contribution is -0.119. The van der Waals surface area contributed by atoms with Crippen LogP contribution in [0.4, 0.5) is 9.39 Å². The molecule has 1 fully saturated rings. The number of halogens is 1. The number of carbonyl (C=O) groups is 3. The third kappa shape index (κ3) is 6.52. The highest BCUT2D eigenvalue weighted by atomic mass is 32.2. The van der Waals surface area contributed by atoms with E-state index in [9.17, 15) is 27.2 Å². The van der Waals surface area contributed by atoms with E-state index in [0.29, 0.717) is 18.4 Å². The molecule has 4 rings (SSSR count). The average Bonchev–Trinajstić information content (AvgIpc) is 3.36. The van der Waals surface area contributed by atoms with Crippen molar-refractivity contribution < 1.29 is 36.7 Å². The summed E-state index contributed by atoms with van der Waals surface area (Å²) in [5.74, 6) is -3.31. The number of nitrogens with zero attached hydrogens (tertiary/aromatic N) is 1. The Morgan fingerprint density at radius 2 is 1.72 bits per heavy atom. The van der Waals surface area contributed by atoms with Crippen molar-refractivity contribution in [3.05, 3.63) is 70.9 Å². The SMILES string of the molecule is CCOC(=O)c1c(-c2ccccc2)csc1NC(=O)COC(=O)c1ccc(F)c(S(=O)(=O)N2CCCCC2)c1. The van der Waals surface area contributed by atoms with Gasteiger partial charge in [0.1, 0.15) is 21.3 Å². The monoisotopic (exact) mass is 574 g/mol. The molecule has 0 saturated carbocycles. The van der Waals surface area contributed by atoms with Crippen LogP contribution < -0.4 is 5.32 Å². The van der Waals surface area contributed by atoms with Crippen molar-refractivity contribution in [3.8, 4) is 11.1 Å². The van der Waals surface area contributed by atoms with Crippen LogP contribution in [-0.2, 0) is 24.3 Å². The Balaban J connectivity index is 1.46. The number of hydrogen-bond donors (Lipinski definition) is 1. The van der Waals surface area contributed by atoms with Gasteiger partial charge in [-0.05, 0) is 43.5 Å². The standard InChI is InChI=1S/C27H27FN2O7S2/c1-2-36-27(33)24-20(18-9-5-3-6-10-18)17-38-25(24)29-23(31)16-37-26(32)19-11-12-21(28)22(15-19)39(34,35)30-13-7-4-8-14-30/h3,5-6,9-12,15,17H,2,4,7-8,13-14,16H2,1H3,(H,29,31). The van der Waals surface area contributed by atoms with E-state index in [-0.39, 0.29) is 35.8 Å². The van der Waals surface area contributed by atoms with Crippen LogP contribution in [0.2, 0.25) is 0 Å². The van der Waals surface area contributed by atoms with Gasteiger partial charge in [0, 0.05) is 24.0 Å². The number of esters is 2. The van der Waals surface area contributed by atoms with Crippen LogP contribution >= 0.6 is 11.3 Å². The normalized spacial score (nSPS) is 14.0. The number of nitrogens with one attached hydrogen (secondary N) is 1. The van der Waals surface area contributed by atoms with Crippen molar-refractivity contribution in [1.82, 2.24) is 4.31 Å². The lowest BCUT2D eigenvalue weighted by atomic mass is 10.0. The number of amides is 1. The van der Waals surface area contributed by atoms with Crippen LogP contribution in [0.3, 0.4) is 0 Å². The molecule has 1 aromatic heterocycles. The topological polar surface area (TPSA) is 119 Å². The fourth-order valence-electron chi connectivity index (χ4n) is 4.14. The molecule has 1 aliphatic rings. The van der Waals surface area contributed by atoms with Gasteiger partial charge < -0.3 is 14.8 Å². The fraction of sp³-hybridized carbons (Fsp3) is 0.296. The van der Waals surface area contributed by atoms with Gasteiger partial charge in [-0.25, -0.2) is 22.4 Å². The van der Waals surface area contributed by atoms with Gasteiger partial charge in [-0.1, -0.05) is 36.8 Å². The zero-order valence-electron chi connectivity index (χ0n) is 21.1. The summed E-state index contributed by atoms with van der Waals surface area (Å²) < 4.78 is 51.7. The number of anilines is 1. The number of hydrogen-bond acceptors (Lipinski definition) is 8. The molecule has 0 atom stereocenters. The number of carbonyl (C=O) groups excluding carboxylic acids is 3. The molecular weight excluding hydrogens is 547 g/mol. The molecule has 12 heteroatoms. The molecule has 0 radical (unpaired) electrons. The van der Waals surface area contributed by atoms with E-state index in [2.05, 4.69) is 5.32 Å². The van der Waals surface area contributed by atoms with E-state index in [1.54, 1.807) is 12.3 Å². The molecule has 2 heterocycles. The van der Waals surface area contributed by atoms with Crippen LogP contribution in [0.5, 0.6) is 0 Å². The first-order valence-corrected chi connectivity index (χ1v) is 14.6. The van der Waals surface area contributed by atoms with Crippen LogP contribution in [-0.4, -0.2) is 56.9 Å². The Morgan fingerprint density at radius 3 is 2.41 bits per heavy atom. The van der Waals surface area contributed by atoms with Gasteiger partial charge in [0.15, 0.2) is 6.61 Å². The number of sulfonamides is 1. The maximum absolute atomic E-state index is 14.5. The summed E-state index contributed by atoms with van der Waals surface area (Å²) in [7, 11) is -4.13. The van der Waals surface area contributed by atoms with E-state index >= 15 is 0 Å². The van der Waals surface area contributed by atoms with Crippen molar-refractivity contribution in [2.75, 3.05) is 31.6 Å². The summed E-state index contributed by atoms with van der Waals surface area (Å²) in [6.45, 7) is 1.65. The fourth-order valence-corrected chi connectivity index (χ4v) is 6.72. The van der Waals surface area contributed by atoms with Gasteiger partial charge in [-0.15, -0.1) is 11.3 Å². The molecule has 1 saturated heterocycles. The predicted octanol–water partition coefficient (Wildman–Crippen LogP) is 4.70. The third-order valence-electron chi connectivity index (χ3n) is 6.04. The Hall–Kier alpha value is -3.61. The van der Waals surface area contributed by atoms with E-state index in [4.69, 9.17) is 9.47 Å². The summed E-state index contributed by atoms with van der Waals surface area (Å²) in [5, 5.41) is 4.51. The molecule has 9 nitrogen and oxygen atoms in total. The van der Waals surface area contributed by atoms with Crippen LogP contribution in [0.1, 0.15) is 46.9 Å². The molecule has 0 unspecified atom stereocenters. The zero-order chi connectivity index (χ0) is 28.0. The highest BCUT2D eigenvalue weighted by molar-refractivity contribution is 7.89. The van der Waals surface area contributed by atoms with E-state index in [1.165, 1.54) is 4.31 Å². The Bertz CT molecular complexity index is 1470. The first kappa shape index (κ1) is 28.4. The van der Waals surface area contributed by atoms with Gasteiger partial charge in [0.05, 0.1) is 12.2 Å². The maximum Gasteiger partial charge on any atom is 0.341 e. The molecule has 206 valence electrons. The highest BCUT2D eigenvalue weighted by Crippen LogP contribution is 2.36. The van der Waals surface area contributed by atoms with Crippen molar-refractivity contribution in [1.29, 1.82) is 0 Å². The number of benzene rings is 2. The number of rotatable bonds is 9. The molecule has 0 aliphatic carbocycles. The lowest BCUT2D eigenvalue weighted by Gasteiger charge is -2.26. The minimum absolute atomic E-state index is 0.140. The second-order valence-electron chi connectivity index (χ2n) is 8.67. The van der Waals surface area contributed by atoms with Crippen molar-refractivity contribution in [2.45, 2.75) is 31.1 Å². The first-order valence-electron chi connectivity index (χ1n) is 12.3. The van der Waals surface area contributed by atoms with Crippen LogP contribution in [0.15, 0.2) is 58.8 Å². The summed E-state index contributed by atoms with van der Waals surface area (Å²) in [6, 6.07) is 12.0. The van der Waals surface area contributed by atoms with E-state index in [0.717, 1.165) is 41.5 Å². The van der Waals surface area contributed by atoms with Gasteiger partial charge in [0.25, 0.3) is 5.91 Å². The molecule has 0 spiro atoms. The summed E-state index contributed by atoms with van der Waals surface area (Å²) in [4.78, 5) is 37.3. The van der Waals surface area contributed by atoms with Crippen LogP contribution in [0.25, 0.3) is 11.1 Å². The average molecular weight is 575 g/mol. The predicted molar refractivity (Wildman–Crippen MR) is 144 cm³/mol.